The molecule has 0 aromatic carbocycles. The number of hydrogen-bond donors (Lipinski definition) is 1. The average Bonchev–Trinajstić information content (AvgIpc) is 2.84. The van der Waals surface area contributed by atoms with E-state index < -0.39 is 11.4 Å². The van der Waals surface area contributed by atoms with Gasteiger partial charge in [0.15, 0.2) is 5.82 Å². The van der Waals surface area contributed by atoms with E-state index in [1.807, 2.05) is 0 Å². The van der Waals surface area contributed by atoms with E-state index in [9.17, 15) is 9.90 Å². The smallest absolute Gasteiger partial charge is 0.311 e. The molecule has 3 rings (SSSR count). The van der Waals surface area contributed by atoms with Gasteiger partial charge in [-0.1, -0.05) is 20.3 Å². The summed E-state index contributed by atoms with van der Waals surface area (Å²) in [5, 5.41) is 21.3. The zero-order valence-corrected chi connectivity index (χ0v) is 11.5. The molecule has 1 unspecified atom stereocenters. The molecule has 2 fully saturated rings. The molecule has 1 N–H and O–H groups in total. The Morgan fingerprint density at radius 2 is 2.16 bits per heavy atom. The highest BCUT2D eigenvalue weighted by atomic mass is 16.4. The number of hydrogen-bond acceptors (Lipinski definition) is 4. The summed E-state index contributed by atoms with van der Waals surface area (Å²) >= 11 is 0. The van der Waals surface area contributed by atoms with Crippen LogP contribution in [0.15, 0.2) is 0 Å². The van der Waals surface area contributed by atoms with Crippen molar-refractivity contribution in [3.63, 3.8) is 0 Å². The second-order valence-corrected chi connectivity index (χ2v) is 6.71. The van der Waals surface area contributed by atoms with Crippen molar-refractivity contribution >= 4 is 5.97 Å². The maximum absolute atomic E-state index is 11.3. The monoisotopic (exact) mass is 264 g/mol. The van der Waals surface area contributed by atoms with Crippen LogP contribution in [0.4, 0.5) is 0 Å². The highest BCUT2D eigenvalue weighted by Gasteiger charge is 2.51. The van der Waals surface area contributed by atoms with E-state index in [1.165, 1.54) is 12.8 Å². The molecule has 0 bridgehead atoms. The van der Waals surface area contributed by atoms with Crippen LogP contribution in [0, 0.1) is 10.8 Å². The summed E-state index contributed by atoms with van der Waals surface area (Å²) in [6, 6.07) is 0. The first-order valence-electron chi connectivity index (χ1n) is 6.94. The molecule has 19 heavy (non-hydrogen) atoms. The summed E-state index contributed by atoms with van der Waals surface area (Å²) < 4.78 is 1.73. The van der Waals surface area contributed by atoms with Gasteiger partial charge in [-0.3, -0.25) is 4.79 Å². The summed E-state index contributed by atoms with van der Waals surface area (Å²) in [4.78, 5) is 11.3. The molecule has 0 aliphatic heterocycles. The van der Waals surface area contributed by atoms with E-state index in [1.54, 1.807) is 4.68 Å². The van der Waals surface area contributed by atoms with Gasteiger partial charge in [0.05, 0.1) is 12.0 Å². The Labute approximate surface area is 112 Å². The predicted molar refractivity (Wildman–Crippen MR) is 67.5 cm³/mol. The Bertz CT molecular complexity index is 504. The molecule has 104 valence electrons. The molecule has 1 heterocycles. The van der Waals surface area contributed by atoms with Crippen molar-refractivity contribution in [1.82, 2.24) is 20.2 Å². The van der Waals surface area contributed by atoms with E-state index in [0.717, 1.165) is 25.1 Å². The third-order valence-electron chi connectivity index (χ3n) is 4.89. The van der Waals surface area contributed by atoms with Crippen LogP contribution in [0.5, 0.6) is 0 Å². The number of carboxylic acid groups (broad SMARTS) is 1. The number of rotatable bonds is 4. The van der Waals surface area contributed by atoms with Crippen molar-refractivity contribution in [2.45, 2.75) is 58.4 Å². The third kappa shape index (κ3) is 2.03. The summed E-state index contributed by atoms with van der Waals surface area (Å²) in [6.07, 6.45) is 4.92. The standard InChI is InChI=1S/C13H20N4O2/c1-12(2)5-3-4-9(12)10-14-15-16-17(10)8-13(6-7-13)11(18)19/h9H,3-8H2,1-2H3,(H,18,19). The molecule has 2 aliphatic rings. The molecule has 1 aromatic heterocycles. The van der Waals surface area contributed by atoms with Crippen molar-refractivity contribution < 1.29 is 9.90 Å². The number of aromatic nitrogens is 4. The van der Waals surface area contributed by atoms with Gasteiger partial charge in [-0.2, -0.15) is 0 Å². The summed E-state index contributed by atoms with van der Waals surface area (Å²) in [6.45, 7) is 4.90. The molecule has 1 aromatic rings. The highest BCUT2D eigenvalue weighted by molar-refractivity contribution is 5.77. The van der Waals surface area contributed by atoms with Gasteiger partial charge in [0.2, 0.25) is 0 Å². The highest BCUT2D eigenvalue weighted by Crippen LogP contribution is 2.50. The second kappa shape index (κ2) is 4.02. The molecule has 6 nitrogen and oxygen atoms in total. The molecule has 0 spiro atoms. The van der Waals surface area contributed by atoms with Crippen LogP contribution in [0.2, 0.25) is 0 Å². The predicted octanol–water partition coefficient (Wildman–Crippen LogP) is 1.83. The third-order valence-corrected chi connectivity index (χ3v) is 4.89. The minimum Gasteiger partial charge on any atom is -0.481 e. The lowest BCUT2D eigenvalue weighted by atomic mass is 9.81. The zero-order valence-electron chi connectivity index (χ0n) is 11.5. The van der Waals surface area contributed by atoms with Gasteiger partial charge in [-0.05, 0) is 41.5 Å². The lowest BCUT2D eigenvalue weighted by Gasteiger charge is -2.26. The lowest BCUT2D eigenvalue weighted by molar-refractivity contribution is -0.144. The molecule has 2 saturated carbocycles. The van der Waals surface area contributed by atoms with E-state index in [2.05, 4.69) is 29.4 Å². The van der Waals surface area contributed by atoms with Crippen LogP contribution in [0.25, 0.3) is 0 Å². The SMILES string of the molecule is CC1(C)CCCC1c1nnnn1CC1(C(=O)O)CC1. The van der Waals surface area contributed by atoms with Crippen molar-refractivity contribution in [3.8, 4) is 0 Å². The van der Waals surface area contributed by atoms with Gasteiger partial charge in [-0.25, -0.2) is 4.68 Å². The van der Waals surface area contributed by atoms with Crippen molar-refractivity contribution in [3.05, 3.63) is 5.82 Å². The Balaban J connectivity index is 1.85. The van der Waals surface area contributed by atoms with Gasteiger partial charge in [0.25, 0.3) is 0 Å². The Morgan fingerprint density at radius 1 is 1.42 bits per heavy atom. The maximum atomic E-state index is 11.3. The topological polar surface area (TPSA) is 80.9 Å². The van der Waals surface area contributed by atoms with Gasteiger partial charge >= 0.3 is 5.97 Å². The Hall–Kier alpha value is -1.46. The fourth-order valence-electron chi connectivity index (χ4n) is 3.26. The van der Waals surface area contributed by atoms with Gasteiger partial charge in [0.1, 0.15) is 0 Å². The quantitative estimate of drug-likeness (QED) is 0.897. The number of carboxylic acids is 1. The molecule has 1 atom stereocenters. The second-order valence-electron chi connectivity index (χ2n) is 6.71. The van der Waals surface area contributed by atoms with Crippen LogP contribution >= 0.6 is 0 Å². The maximum Gasteiger partial charge on any atom is 0.311 e. The first kappa shape index (κ1) is 12.6. The van der Waals surface area contributed by atoms with Crippen LogP contribution in [-0.2, 0) is 11.3 Å². The van der Waals surface area contributed by atoms with Crippen LogP contribution in [0.3, 0.4) is 0 Å². The number of carbonyl (C=O) groups is 1. The molecule has 6 heteroatoms. The first-order chi connectivity index (χ1) is 8.95. The van der Waals surface area contributed by atoms with E-state index in [4.69, 9.17) is 0 Å². The molecular formula is C13H20N4O2. The Kier molecular flexibility index (Phi) is 2.66. The van der Waals surface area contributed by atoms with Gasteiger partial charge < -0.3 is 5.11 Å². The van der Waals surface area contributed by atoms with Gasteiger partial charge in [-0.15, -0.1) is 5.10 Å². The minimum atomic E-state index is -0.723. The van der Waals surface area contributed by atoms with E-state index in [-0.39, 0.29) is 5.41 Å². The number of tetrazole rings is 1. The lowest BCUT2D eigenvalue weighted by Crippen LogP contribution is -2.26. The van der Waals surface area contributed by atoms with Crippen molar-refractivity contribution in [2.24, 2.45) is 10.8 Å². The normalized spacial score (nSPS) is 27.4. The van der Waals surface area contributed by atoms with E-state index >= 15 is 0 Å². The summed E-state index contributed by atoms with van der Waals surface area (Å²) in [7, 11) is 0. The Morgan fingerprint density at radius 3 is 2.68 bits per heavy atom. The molecule has 0 saturated heterocycles. The minimum absolute atomic E-state index is 0.201. The van der Waals surface area contributed by atoms with Crippen molar-refractivity contribution in [2.75, 3.05) is 0 Å². The zero-order chi connectivity index (χ0) is 13.7. The van der Waals surface area contributed by atoms with Crippen LogP contribution < -0.4 is 0 Å². The first-order valence-corrected chi connectivity index (χ1v) is 6.94. The number of aliphatic carboxylic acids is 1. The largest absolute Gasteiger partial charge is 0.481 e. The van der Waals surface area contributed by atoms with Crippen molar-refractivity contribution in [1.29, 1.82) is 0 Å². The molecule has 2 aliphatic carbocycles. The fraction of sp³-hybridized carbons (Fsp3) is 0.846. The molecule has 0 radical (unpaired) electrons. The van der Waals surface area contributed by atoms with E-state index in [0.29, 0.717) is 12.5 Å². The van der Waals surface area contributed by atoms with Crippen LogP contribution in [0.1, 0.15) is 57.7 Å². The van der Waals surface area contributed by atoms with Crippen LogP contribution in [-0.4, -0.2) is 31.3 Å². The number of nitrogens with zero attached hydrogens (tertiary/aromatic N) is 4. The summed E-state index contributed by atoms with van der Waals surface area (Å²) in [5.41, 5.74) is -0.417. The average molecular weight is 264 g/mol. The summed E-state index contributed by atoms with van der Waals surface area (Å²) in [5.74, 6) is 0.488. The van der Waals surface area contributed by atoms with Gasteiger partial charge in [0, 0.05) is 5.92 Å². The molecule has 0 amide bonds. The fourth-order valence-corrected chi connectivity index (χ4v) is 3.26. The molecular weight excluding hydrogens is 244 g/mol.